The molecule has 1 N–H and O–H groups in total. The van der Waals surface area contributed by atoms with E-state index >= 15 is 0 Å². The lowest BCUT2D eigenvalue weighted by Gasteiger charge is -2.18. The predicted molar refractivity (Wildman–Crippen MR) is 98.2 cm³/mol. The molecule has 2 aromatic rings. The Morgan fingerprint density at radius 1 is 1.00 bits per heavy atom. The molecule has 5 nitrogen and oxygen atoms in total. The Kier molecular flexibility index (Phi) is 4.67. The van der Waals surface area contributed by atoms with E-state index in [1.165, 1.54) is 0 Å². The Morgan fingerprint density at radius 2 is 1.72 bits per heavy atom. The summed E-state index contributed by atoms with van der Waals surface area (Å²) < 4.78 is 27.8. The first-order chi connectivity index (χ1) is 11.8. The Bertz CT molecular complexity index is 922. The number of hydrogen-bond acceptors (Lipinski definition) is 3. The monoisotopic (exact) mass is 358 g/mol. The molecule has 1 aliphatic rings. The van der Waals surface area contributed by atoms with E-state index in [0.29, 0.717) is 18.5 Å². The lowest BCUT2D eigenvalue weighted by atomic mass is 10.1. The van der Waals surface area contributed by atoms with Gasteiger partial charge in [-0.15, -0.1) is 0 Å². The Hall–Kier alpha value is -2.18. The van der Waals surface area contributed by atoms with E-state index in [-0.39, 0.29) is 10.8 Å². The van der Waals surface area contributed by atoms with Crippen molar-refractivity contribution in [2.45, 2.75) is 38.1 Å². The molecule has 25 heavy (non-hydrogen) atoms. The van der Waals surface area contributed by atoms with Crippen LogP contribution in [0.3, 0.4) is 0 Å². The fourth-order valence-electron chi connectivity index (χ4n) is 3.05. The minimum Gasteiger partial charge on any atom is -0.311 e. The topological polar surface area (TPSA) is 66.5 Å². The van der Waals surface area contributed by atoms with Gasteiger partial charge in [0.05, 0.1) is 4.90 Å². The van der Waals surface area contributed by atoms with Gasteiger partial charge in [0.15, 0.2) is 0 Å². The molecular weight excluding hydrogens is 336 g/mol. The highest BCUT2D eigenvalue weighted by Crippen LogP contribution is 2.25. The molecule has 1 atom stereocenters. The molecule has 1 heterocycles. The molecule has 0 saturated carbocycles. The number of sulfonamides is 1. The number of amides is 1. The van der Waals surface area contributed by atoms with E-state index in [2.05, 4.69) is 4.72 Å². The number of anilines is 1. The van der Waals surface area contributed by atoms with Crippen LogP contribution in [0.5, 0.6) is 0 Å². The summed E-state index contributed by atoms with van der Waals surface area (Å²) in [6.45, 7) is 6.26. The average Bonchev–Trinajstić information content (AvgIpc) is 2.91. The largest absolute Gasteiger partial charge is 0.311 e. The van der Waals surface area contributed by atoms with Gasteiger partial charge >= 0.3 is 0 Å². The molecule has 3 rings (SSSR count). The van der Waals surface area contributed by atoms with E-state index in [4.69, 9.17) is 0 Å². The molecule has 0 aromatic heterocycles. The van der Waals surface area contributed by atoms with Gasteiger partial charge in [0, 0.05) is 12.2 Å². The summed E-state index contributed by atoms with van der Waals surface area (Å²) >= 11 is 0. The van der Waals surface area contributed by atoms with Crippen LogP contribution in [0.25, 0.3) is 0 Å². The quantitative estimate of drug-likeness (QED) is 0.914. The summed E-state index contributed by atoms with van der Waals surface area (Å²) in [6.07, 6.45) is 0.455. The van der Waals surface area contributed by atoms with Crippen LogP contribution in [0.1, 0.15) is 23.1 Å². The van der Waals surface area contributed by atoms with Crippen molar-refractivity contribution in [1.29, 1.82) is 0 Å². The summed E-state index contributed by atoms with van der Waals surface area (Å²) in [5.41, 5.74) is 3.73. The van der Waals surface area contributed by atoms with E-state index in [0.717, 1.165) is 16.8 Å². The normalized spacial score (nSPS) is 18.0. The van der Waals surface area contributed by atoms with Crippen LogP contribution in [0, 0.1) is 20.8 Å². The SMILES string of the molecule is Cc1ccc(N2CC[C@@H](NS(=O)(=O)c3ccccc3C)C2=O)cc1C. The van der Waals surface area contributed by atoms with Crippen molar-refractivity contribution >= 4 is 21.6 Å². The second-order valence-corrected chi connectivity index (χ2v) is 8.17. The number of carbonyl (C=O) groups is 1. The molecule has 6 heteroatoms. The van der Waals surface area contributed by atoms with Gasteiger partial charge in [-0.05, 0) is 62.1 Å². The summed E-state index contributed by atoms with van der Waals surface area (Å²) in [5.74, 6) is -0.208. The van der Waals surface area contributed by atoms with E-state index in [1.54, 1.807) is 36.1 Å². The van der Waals surface area contributed by atoms with Gasteiger partial charge in [-0.2, -0.15) is 4.72 Å². The molecule has 2 aromatic carbocycles. The van der Waals surface area contributed by atoms with Crippen molar-refractivity contribution < 1.29 is 13.2 Å². The highest BCUT2D eigenvalue weighted by Gasteiger charge is 2.36. The minimum absolute atomic E-state index is 0.208. The molecule has 0 bridgehead atoms. The number of aryl methyl sites for hydroxylation is 3. The number of nitrogens with zero attached hydrogens (tertiary/aromatic N) is 1. The lowest BCUT2D eigenvalue weighted by Crippen LogP contribution is -2.41. The zero-order valence-corrected chi connectivity index (χ0v) is 15.4. The van der Waals surface area contributed by atoms with Crippen molar-refractivity contribution in [2.24, 2.45) is 0 Å². The van der Waals surface area contributed by atoms with Crippen LogP contribution in [0.2, 0.25) is 0 Å². The van der Waals surface area contributed by atoms with Crippen LogP contribution in [0.15, 0.2) is 47.4 Å². The zero-order valence-electron chi connectivity index (χ0n) is 14.6. The summed E-state index contributed by atoms with van der Waals surface area (Å²) in [6, 6.07) is 11.9. The van der Waals surface area contributed by atoms with Crippen molar-refractivity contribution in [3.8, 4) is 0 Å². The first-order valence-corrected chi connectivity index (χ1v) is 9.74. The third-order valence-corrected chi connectivity index (χ3v) is 6.32. The van der Waals surface area contributed by atoms with Crippen molar-refractivity contribution in [2.75, 3.05) is 11.4 Å². The van der Waals surface area contributed by atoms with Gasteiger partial charge in [0.2, 0.25) is 15.9 Å². The van der Waals surface area contributed by atoms with Gasteiger partial charge in [0.25, 0.3) is 0 Å². The standard InChI is InChI=1S/C19H22N2O3S/c1-13-8-9-16(12-15(13)3)21-11-10-17(19(21)22)20-25(23,24)18-7-5-4-6-14(18)2/h4-9,12,17,20H,10-11H2,1-3H3/t17-/m1/s1. The Balaban J connectivity index is 1.80. The maximum absolute atomic E-state index is 12.7. The maximum Gasteiger partial charge on any atom is 0.245 e. The number of rotatable bonds is 4. The van der Waals surface area contributed by atoms with E-state index in [1.807, 2.05) is 32.0 Å². The third-order valence-electron chi connectivity index (χ3n) is 4.69. The molecule has 1 aliphatic heterocycles. The minimum atomic E-state index is -3.73. The number of carbonyl (C=O) groups excluding carboxylic acids is 1. The summed E-state index contributed by atoms with van der Waals surface area (Å²) in [4.78, 5) is 14.6. The Labute approximate surface area is 148 Å². The molecular formula is C19H22N2O3S. The smallest absolute Gasteiger partial charge is 0.245 e. The summed E-state index contributed by atoms with van der Waals surface area (Å²) in [5, 5.41) is 0. The highest BCUT2D eigenvalue weighted by molar-refractivity contribution is 7.89. The van der Waals surface area contributed by atoms with Crippen molar-refractivity contribution in [3.63, 3.8) is 0 Å². The van der Waals surface area contributed by atoms with Gasteiger partial charge in [0.1, 0.15) is 6.04 Å². The second kappa shape index (κ2) is 6.61. The van der Waals surface area contributed by atoms with Gasteiger partial charge < -0.3 is 4.90 Å². The number of nitrogens with one attached hydrogen (secondary N) is 1. The fraction of sp³-hybridized carbons (Fsp3) is 0.316. The first-order valence-electron chi connectivity index (χ1n) is 8.26. The van der Waals surface area contributed by atoms with Gasteiger partial charge in [-0.25, -0.2) is 8.42 Å². The fourth-order valence-corrected chi connectivity index (χ4v) is 4.52. The van der Waals surface area contributed by atoms with Crippen LogP contribution in [-0.4, -0.2) is 26.9 Å². The molecule has 0 aliphatic carbocycles. The number of benzene rings is 2. The molecule has 1 amide bonds. The van der Waals surface area contributed by atoms with E-state index in [9.17, 15) is 13.2 Å². The van der Waals surface area contributed by atoms with Crippen LogP contribution < -0.4 is 9.62 Å². The molecule has 0 spiro atoms. The summed E-state index contributed by atoms with van der Waals surface area (Å²) in [7, 11) is -3.73. The van der Waals surface area contributed by atoms with E-state index < -0.39 is 16.1 Å². The average molecular weight is 358 g/mol. The van der Waals surface area contributed by atoms with Crippen molar-refractivity contribution in [1.82, 2.24) is 4.72 Å². The molecule has 132 valence electrons. The maximum atomic E-state index is 12.7. The van der Waals surface area contributed by atoms with Crippen LogP contribution in [-0.2, 0) is 14.8 Å². The van der Waals surface area contributed by atoms with Gasteiger partial charge in [-0.3, -0.25) is 4.79 Å². The number of hydrogen-bond donors (Lipinski definition) is 1. The first kappa shape index (κ1) is 17.6. The van der Waals surface area contributed by atoms with Crippen LogP contribution in [0.4, 0.5) is 5.69 Å². The lowest BCUT2D eigenvalue weighted by molar-refractivity contribution is -0.118. The predicted octanol–water partition coefficient (Wildman–Crippen LogP) is 2.70. The molecule has 0 unspecified atom stereocenters. The zero-order chi connectivity index (χ0) is 18.2. The highest BCUT2D eigenvalue weighted by atomic mass is 32.2. The third kappa shape index (κ3) is 3.45. The second-order valence-electron chi connectivity index (χ2n) is 6.49. The molecule has 1 saturated heterocycles. The van der Waals surface area contributed by atoms with Gasteiger partial charge in [-0.1, -0.05) is 24.3 Å². The van der Waals surface area contributed by atoms with Crippen molar-refractivity contribution in [3.05, 3.63) is 59.2 Å². The Morgan fingerprint density at radius 3 is 2.40 bits per heavy atom. The van der Waals surface area contributed by atoms with Crippen LogP contribution >= 0.6 is 0 Å². The molecule has 0 radical (unpaired) electrons. The molecule has 1 fully saturated rings.